The molecule has 6 nitrogen and oxygen atoms in total. The monoisotopic (exact) mass is 329 g/mol. The molecule has 0 bridgehead atoms. The van der Waals surface area contributed by atoms with Crippen LogP contribution in [-0.2, 0) is 17.1 Å². The summed E-state index contributed by atoms with van der Waals surface area (Å²) in [7, 11) is -0.531. The Balaban J connectivity index is 2.70. The molecule has 126 valence electrons. The summed E-state index contributed by atoms with van der Waals surface area (Å²) < 4.78 is 27.3. The number of hydrogen-bond acceptors (Lipinski definition) is 3. The molecule has 1 amide bonds. The van der Waals surface area contributed by atoms with Crippen LogP contribution in [0.15, 0.2) is 17.2 Å². The van der Waals surface area contributed by atoms with Gasteiger partial charge in [-0.25, -0.2) is 13.1 Å². The second-order valence-electron chi connectivity index (χ2n) is 6.08. The van der Waals surface area contributed by atoms with Crippen LogP contribution in [0.3, 0.4) is 0 Å². The summed E-state index contributed by atoms with van der Waals surface area (Å²) in [4.78, 5) is 12.3. The Labute approximate surface area is 133 Å². The van der Waals surface area contributed by atoms with Crippen molar-refractivity contribution >= 4 is 15.9 Å². The van der Waals surface area contributed by atoms with Gasteiger partial charge < -0.3 is 9.88 Å². The number of aryl methyl sites for hydroxylation is 1. The Morgan fingerprint density at radius 2 is 1.91 bits per heavy atom. The third kappa shape index (κ3) is 5.14. The predicted octanol–water partition coefficient (Wildman–Crippen LogP) is 1.88. The fourth-order valence-electron chi connectivity index (χ4n) is 2.23. The van der Waals surface area contributed by atoms with Crippen LogP contribution < -0.4 is 10.0 Å². The summed E-state index contributed by atoms with van der Waals surface area (Å²) in [6, 6.07) is 1.45. The molecular formula is C15H27N3O3S. The van der Waals surface area contributed by atoms with Gasteiger partial charge >= 0.3 is 0 Å². The van der Waals surface area contributed by atoms with Crippen molar-refractivity contribution in [2.75, 3.05) is 7.05 Å². The van der Waals surface area contributed by atoms with Crippen molar-refractivity contribution in [1.82, 2.24) is 14.6 Å². The Hall–Kier alpha value is -1.34. The van der Waals surface area contributed by atoms with E-state index >= 15 is 0 Å². The number of carbonyl (C=O) groups excluding carboxylic acids is 1. The van der Waals surface area contributed by atoms with Gasteiger partial charge in [0.05, 0.1) is 0 Å². The molecule has 0 aliphatic rings. The van der Waals surface area contributed by atoms with E-state index in [9.17, 15) is 13.2 Å². The summed E-state index contributed by atoms with van der Waals surface area (Å²) in [5.41, 5.74) is 0.338. The number of amides is 1. The zero-order valence-electron chi connectivity index (χ0n) is 14.0. The maximum Gasteiger partial charge on any atom is 0.268 e. The number of hydrogen-bond donors (Lipinski definition) is 2. The minimum atomic E-state index is -3.54. The molecule has 0 spiro atoms. The maximum atomic E-state index is 12.3. The van der Waals surface area contributed by atoms with Gasteiger partial charge in [0.15, 0.2) is 0 Å². The van der Waals surface area contributed by atoms with Crippen LogP contribution in [0.1, 0.15) is 50.5 Å². The predicted molar refractivity (Wildman–Crippen MR) is 87.3 cm³/mol. The second kappa shape index (κ2) is 7.78. The van der Waals surface area contributed by atoms with Crippen molar-refractivity contribution in [2.24, 2.45) is 13.0 Å². The molecule has 0 radical (unpaired) electrons. The normalized spacial score (nSPS) is 13.4. The van der Waals surface area contributed by atoms with Crippen LogP contribution in [-0.4, -0.2) is 32.0 Å². The summed E-state index contributed by atoms with van der Waals surface area (Å²) in [6.07, 6.45) is 4.54. The molecule has 0 aliphatic heterocycles. The smallest absolute Gasteiger partial charge is 0.268 e. The van der Waals surface area contributed by atoms with Gasteiger partial charge in [0.1, 0.15) is 10.6 Å². The maximum absolute atomic E-state index is 12.3. The number of nitrogens with zero attached hydrogens (tertiary/aromatic N) is 1. The number of rotatable bonds is 8. The highest BCUT2D eigenvalue weighted by Gasteiger charge is 2.20. The van der Waals surface area contributed by atoms with Gasteiger partial charge in [-0.3, -0.25) is 4.79 Å². The number of sulfonamides is 1. The molecule has 0 saturated heterocycles. The van der Waals surface area contributed by atoms with Crippen molar-refractivity contribution in [1.29, 1.82) is 0 Å². The highest BCUT2D eigenvalue weighted by molar-refractivity contribution is 7.89. The molecule has 1 heterocycles. The van der Waals surface area contributed by atoms with Crippen molar-refractivity contribution in [2.45, 2.75) is 51.0 Å². The molecule has 0 aliphatic carbocycles. The SMILES string of the molecule is CNS(=O)(=O)c1cc(C(=O)NC(C)CCCC(C)C)n(C)c1. The lowest BCUT2D eigenvalue weighted by Crippen LogP contribution is -2.33. The van der Waals surface area contributed by atoms with E-state index in [0.717, 1.165) is 19.3 Å². The van der Waals surface area contributed by atoms with E-state index in [1.807, 2.05) is 6.92 Å². The Morgan fingerprint density at radius 1 is 1.27 bits per heavy atom. The van der Waals surface area contributed by atoms with Crippen LogP contribution in [0.25, 0.3) is 0 Å². The van der Waals surface area contributed by atoms with Crippen LogP contribution in [0.5, 0.6) is 0 Å². The lowest BCUT2D eigenvalue weighted by Gasteiger charge is -2.14. The third-order valence-electron chi connectivity index (χ3n) is 3.59. The first-order valence-electron chi connectivity index (χ1n) is 7.58. The molecule has 1 atom stereocenters. The molecule has 1 aromatic rings. The van der Waals surface area contributed by atoms with E-state index in [4.69, 9.17) is 0 Å². The van der Waals surface area contributed by atoms with Gasteiger partial charge in [0.25, 0.3) is 5.91 Å². The minimum Gasteiger partial charge on any atom is -0.348 e. The van der Waals surface area contributed by atoms with Crippen LogP contribution in [0.2, 0.25) is 0 Å². The van der Waals surface area contributed by atoms with E-state index in [1.165, 1.54) is 23.9 Å². The summed E-state index contributed by atoms with van der Waals surface area (Å²) in [5.74, 6) is 0.405. The molecule has 22 heavy (non-hydrogen) atoms. The fraction of sp³-hybridized carbons (Fsp3) is 0.667. The molecular weight excluding hydrogens is 302 g/mol. The van der Waals surface area contributed by atoms with Gasteiger partial charge in [-0.1, -0.05) is 26.7 Å². The van der Waals surface area contributed by atoms with Gasteiger partial charge in [-0.05, 0) is 32.4 Å². The minimum absolute atomic E-state index is 0.0607. The lowest BCUT2D eigenvalue weighted by molar-refractivity contribution is 0.0929. The van der Waals surface area contributed by atoms with Crippen molar-refractivity contribution in [3.8, 4) is 0 Å². The van der Waals surface area contributed by atoms with E-state index in [1.54, 1.807) is 7.05 Å². The Bertz CT molecular complexity index is 606. The van der Waals surface area contributed by atoms with Crippen LogP contribution in [0, 0.1) is 5.92 Å². The third-order valence-corrected chi connectivity index (χ3v) is 4.97. The first-order valence-corrected chi connectivity index (χ1v) is 9.06. The highest BCUT2D eigenvalue weighted by Crippen LogP contribution is 2.14. The largest absolute Gasteiger partial charge is 0.348 e. The van der Waals surface area contributed by atoms with Gasteiger partial charge in [-0.2, -0.15) is 0 Å². The van der Waals surface area contributed by atoms with Gasteiger partial charge in [0, 0.05) is 19.3 Å². The Morgan fingerprint density at radius 3 is 2.45 bits per heavy atom. The molecule has 1 unspecified atom stereocenters. The van der Waals surface area contributed by atoms with E-state index in [2.05, 4.69) is 23.9 Å². The Kier molecular flexibility index (Phi) is 6.62. The van der Waals surface area contributed by atoms with Crippen LogP contribution >= 0.6 is 0 Å². The fourth-order valence-corrected chi connectivity index (χ4v) is 3.03. The van der Waals surface area contributed by atoms with Crippen LogP contribution in [0.4, 0.5) is 0 Å². The van der Waals surface area contributed by atoms with E-state index in [-0.39, 0.29) is 16.8 Å². The highest BCUT2D eigenvalue weighted by atomic mass is 32.2. The lowest BCUT2D eigenvalue weighted by atomic mass is 10.0. The zero-order valence-corrected chi connectivity index (χ0v) is 14.8. The first-order chi connectivity index (χ1) is 10.2. The molecule has 0 aromatic carbocycles. The average molecular weight is 329 g/mol. The van der Waals surface area contributed by atoms with Crippen molar-refractivity contribution < 1.29 is 13.2 Å². The molecule has 0 saturated carbocycles. The number of aromatic nitrogens is 1. The summed E-state index contributed by atoms with van der Waals surface area (Å²) in [6.45, 7) is 6.32. The summed E-state index contributed by atoms with van der Waals surface area (Å²) in [5, 5.41) is 2.92. The topological polar surface area (TPSA) is 80.2 Å². The standard InChI is InChI=1S/C15H27N3O3S/c1-11(2)7-6-8-12(3)17-15(19)14-9-13(10-18(14)5)22(20,21)16-4/h9-12,16H,6-8H2,1-5H3,(H,17,19). The second-order valence-corrected chi connectivity index (χ2v) is 7.97. The quantitative estimate of drug-likeness (QED) is 0.764. The molecule has 0 fully saturated rings. The zero-order chi connectivity index (χ0) is 16.9. The number of nitrogens with one attached hydrogen (secondary N) is 2. The van der Waals surface area contributed by atoms with E-state index < -0.39 is 10.0 Å². The average Bonchev–Trinajstić information content (AvgIpc) is 2.81. The number of carbonyl (C=O) groups is 1. The van der Waals surface area contributed by atoms with Crippen molar-refractivity contribution in [3.63, 3.8) is 0 Å². The molecule has 7 heteroatoms. The summed E-state index contributed by atoms with van der Waals surface area (Å²) >= 11 is 0. The van der Waals surface area contributed by atoms with Crippen molar-refractivity contribution in [3.05, 3.63) is 18.0 Å². The van der Waals surface area contributed by atoms with Gasteiger partial charge in [0.2, 0.25) is 10.0 Å². The molecule has 1 aromatic heterocycles. The first kappa shape index (κ1) is 18.7. The van der Waals surface area contributed by atoms with Gasteiger partial charge in [-0.15, -0.1) is 0 Å². The molecule has 2 N–H and O–H groups in total. The van der Waals surface area contributed by atoms with E-state index in [0.29, 0.717) is 11.6 Å². The molecule has 1 rings (SSSR count).